The van der Waals surface area contributed by atoms with E-state index in [1.807, 2.05) is 12.1 Å². The van der Waals surface area contributed by atoms with Crippen molar-refractivity contribution in [1.29, 1.82) is 0 Å². The van der Waals surface area contributed by atoms with E-state index in [-0.39, 0.29) is 12.4 Å². The van der Waals surface area contributed by atoms with Crippen molar-refractivity contribution in [2.45, 2.75) is 12.5 Å². The molecule has 1 atom stereocenters. The van der Waals surface area contributed by atoms with Gasteiger partial charge in [0.15, 0.2) is 0 Å². The van der Waals surface area contributed by atoms with E-state index in [0.717, 1.165) is 0 Å². The zero-order chi connectivity index (χ0) is 13.9. The highest BCUT2D eigenvalue weighted by Crippen LogP contribution is 2.31. The monoisotopic (exact) mass is 279 g/mol. The second kappa shape index (κ2) is 5.59. The maximum Gasteiger partial charge on any atom is 0.128 e. The fraction of sp³-hybridized carbons (Fsp3) is 0.200. The number of hydrogen-bond donors (Lipinski definition) is 2. The predicted molar refractivity (Wildman–Crippen MR) is 75.9 cm³/mol. The molecule has 0 aliphatic rings. The van der Waals surface area contributed by atoms with Gasteiger partial charge < -0.3 is 10.4 Å². The Labute approximate surface area is 116 Å². The lowest BCUT2D eigenvalue weighted by Crippen LogP contribution is -2.36. The first-order valence-corrected chi connectivity index (χ1v) is 6.33. The van der Waals surface area contributed by atoms with Crippen LogP contribution < -0.4 is 5.32 Å². The first-order chi connectivity index (χ1) is 9.07. The Kier molecular flexibility index (Phi) is 4.08. The Balaban J connectivity index is 2.39. The van der Waals surface area contributed by atoms with Gasteiger partial charge in [0, 0.05) is 5.56 Å². The summed E-state index contributed by atoms with van der Waals surface area (Å²) < 4.78 is 13.9. The number of hydrogen-bond acceptors (Lipinski definition) is 2. The van der Waals surface area contributed by atoms with Gasteiger partial charge in [0.05, 0.1) is 22.9 Å². The maximum absolute atomic E-state index is 13.9. The van der Waals surface area contributed by atoms with Crippen LogP contribution in [0, 0.1) is 5.82 Å². The van der Waals surface area contributed by atoms with Crippen molar-refractivity contribution in [2.24, 2.45) is 0 Å². The van der Waals surface area contributed by atoms with Gasteiger partial charge in [0.1, 0.15) is 5.82 Å². The van der Waals surface area contributed by atoms with Crippen molar-refractivity contribution < 1.29 is 9.50 Å². The summed E-state index contributed by atoms with van der Waals surface area (Å²) in [6.45, 7) is 1.48. The van der Waals surface area contributed by atoms with Crippen molar-refractivity contribution in [3.8, 4) is 0 Å². The molecule has 0 saturated heterocycles. The molecule has 0 fully saturated rings. The molecule has 0 aliphatic heterocycles. The zero-order valence-corrected chi connectivity index (χ0v) is 11.3. The van der Waals surface area contributed by atoms with Crippen LogP contribution in [0.2, 0.25) is 5.02 Å². The predicted octanol–water partition coefficient (Wildman–Crippen LogP) is 3.80. The summed E-state index contributed by atoms with van der Waals surface area (Å²) in [5, 5.41) is 13.3. The van der Waals surface area contributed by atoms with Gasteiger partial charge in [-0.3, -0.25) is 0 Å². The molecule has 0 aliphatic carbocycles. The third-order valence-electron chi connectivity index (χ3n) is 3.07. The van der Waals surface area contributed by atoms with Gasteiger partial charge in [0.25, 0.3) is 0 Å². The fourth-order valence-electron chi connectivity index (χ4n) is 1.96. The first-order valence-electron chi connectivity index (χ1n) is 5.95. The molecule has 2 aromatic rings. The number of benzene rings is 2. The lowest BCUT2D eigenvalue weighted by atomic mass is 9.92. The average molecular weight is 280 g/mol. The lowest BCUT2D eigenvalue weighted by molar-refractivity contribution is 0.220. The minimum Gasteiger partial charge on any atom is -0.394 e. The number of anilines is 1. The molecule has 0 aromatic heterocycles. The normalized spacial score (nSPS) is 13.9. The van der Waals surface area contributed by atoms with Crippen LogP contribution in [-0.2, 0) is 5.54 Å². The molecule has 2 rings (SSSR count). The molecule has 100 valence electrons. The minimum atomic E-state index is -0.934. The molecule has 2 aromatic carbocycles. The Morgan fingerprint density at radius 1 is 1.16 bits per heavy atom. The van der Waals surface area contributed by atoms with Crippen LogP contribution in [0.4, 0.5) is 10.1 Å². The Morgan fingerprint density at radius 2 is 1.79 bits per heavy atom. The molecule has 2 nitrogen and oxygen atoms in total. The largest absolute Gasteiger partial charge is 0.394 e. The summed E-state index contributed by atoms with van der Waals surface area (Å²) in [5.41, 5.74) is 0.123. The van der Waals surface area contributed by atoms with Crippen molar-refractivity contribution in [1.82, 2.24) is 0 Å². The number of para-hydroxylation sites is 1. The summed E-state index contributed by atoms with van der Waals surface area (Å²) in [4.78, 5) is 0. The van der Waals surface area contributed by atoms with E-state index in [0.29, 0.717) is 16.3 Å². The summed E-state index contributed by atoms with van der Waals surface area (Å²) in [7, 11) is 0. The smallest absolute Gasteiger partial charge is 0.128 e. The molecule has 0 heterocycles. The van der Waals surface area contributed by atoms with Crippen LogP contribution in [0.1, 0.15) is 12.5 Å². The molecule has 0 radical (unpaired) electrons. The van der Waals surface area contributed by atoms with Gasteiger partial charge in [-0.25, -0.2) is 4.39 Å². The number of rotatable bonds is 4. The SMILES string of the molecule is CC(CO)(Nc1ccccc1Cl)c1ccccc1F. The van der Waals surface area contributed by atoms with E-state index in [1.165, 1.54) is 6.07 Å². The number of halogens is 2. The van der Waals surface area contributed by atoms with E-state index in [1.54, 1.807) is 37.3 Å². The number of nitrogens with one attached hydrogen (secondary N) is 1. The van der Waals surface area contributed by atoms with Gasteiger partial charge in [-0.2, -0.15) is 0 Å². The van der Waals surface area contributed by atoms with E-state index < -0.39 is 5.54 Å². The van der Waals surface area contributed by atoms with Gasteiger partial charge in [-0.1, -0.05) is 41.9 Å². The second-order valence-corrected chi connectivity index (χ2v) is 4.98. The topological polar surface area (TPSA) is 32.3 Å². The molecule has 1 unspecified atom stereocenters. The fourth-order valence-corrected chi connectivity index (χ4v) is 2.14. The van der Waals surface area contributed by atoms with E-state index >= 15 is 0 Å². The summed E-state index contributed by atoms with van der Waals surface area (Å²) in [6, 6.07) is 13.5. The molecular weight excluding hydrogens is 265 g/mol. The Bertz CT molecular complexity index is 576. The standard InChI is InChI=1S/C15H15ClFNO/c1-15(10-19,11-6-2-4-8-13(11)17)18-14-9-5-3-7-12(14)16/h2-9,18-19H,10H2,1H3. The summed E-state index contributed by atoms with van der Waals surface area (Å²) >= 11 is 6.08. The van der Waals surface area contributed by atoms with Crippen LogP contribution in [-0.4, -0.2) is 11.7 Å². The third-order valence-corrected chi connectivity index (χ3v) is 3.40. The van der Waals surface area contributed by atoms with Crippen molar-refractivity contribution in [3.05, 3.63) is 64.9 Å². The Morgan fingerprint density at radius 3 is 2.42 bits per heavy atom. The summed E-state index contributed by atoms with van der Waals surface area (Å²) in [6.07, 6.45) is 0. The number of aliphatic hydroxyl groups excluding tert-OH is 1. The van der Waals surface area contributed by atoms with Crippen molar-refractivity contribution >= 4 is 17.3 Å². The summed E-state index contributed by atoms with van der Waals surface area (Å²) in [5.74, 6) is -0.362. The van der Waals surface area contributed by atoms with Gasteiger partial charge in [-0.15, -0.1) is 0 Å². The highest BCUT2D eigenvalue weighted by molar-refractivity contribution is 6.33. The van der Waals surface area contributed by atoms with E-state index in [4.69, 9.17) is 11.6 Å². The van der Waals surface area contributed by atoms with Gasteiger partial charge >= 0.3 is 0 Å². The molecular formula is C15H15ClFNO. The third kappa shape index (κ3) is 2.88. The number of aliphatic hydroxyl groups is 1. The lowest BCUT2D eigenvalue weighted by Gasteiger charge is -2.31. The maximum atomic E-state index is 13.9. The molecule has 2 N–H and O–H groups in total. The van der Waals surface area contributed by atoms with Crippen LogP contribution in [0.5, 0.6) is 0 Å². The van der Waals surface area contributed by atoms with Gasteiger partial charge in [-0.05, 0) is 25.1 Å². The average Bonchev–Trinajstić information content (AvgIpc) is 2.42. The quantitative estimate of drug-likeness (QED) is 0.892. The van der Waals surface area contributed by atoms with Crippen molar-refractivity contribution in [2.75, 3.05) is 11.9 Å². The zero-order valence-electron chi connectivity index (χ0n) is 10.5. The second-order valence-electron chi connectivity index (χ2n) is 4.57. The highest BCUT2D eigenvalue weighted by Gasteiger charge is 2.29. The van der Waals surface area contributed by atoms with E-state index in [9.17, 15) is 9.50 Å². The molecule has 4 heteroatoms. The molecule has 0 bridgehead atoms. The van der Waals surface area contributed by atoms with Gasteiger partial charge in [0.2, 0.25) is 0 Å². The molecule has 0 spiro atoms. The highest BCUT2D eigenvalue weighted by atomic mass is 35.5. The molecule has 0 saturated carbocycles. The van der Waals surface area contributed by atoms with Crippen LogP contribution >= 0.6 is 11.6 Å². The molecule has 19 heavy (non-hydrogen) atoms. The van der Waals surface area contributed by atoms with E-state index in [2.05, 4.69) is 5.32 Å². The first kappa shape index (κ1) is 13.8. The Hall–Kier alpha value is -1.58. The molecule has 0 amide bonds. The van der Waals surface area contributed by atoms with Crippen LogP contribution in [0.15, 0.2) is 48.5 Å². The minimum absolute atomic E-state index is 0.251. The van der Waals surface area contributed by atoms with Crippen LogP contribution in [0.25, 0.3) is 0 Å². The van der Waals surface area contributed by atoms with Crippen molar-refractivity contribution in [3.63, 3.8) is 0 Å². The van der Waals surface area contributed by atoms with Crippen LogP contribution in [0.3, 0.4) is 0 Å².